The number of aliphatic imine (C=N–C) groups is 1. The van der Waals surface area contributed by atoms with Gasteiger partial charge in [-0.3, -0.25) is 4.79 Å². The van der Waals surface area contributed by atoms with Crippen molar-refractivity contribution < 1.29 is 4.79 Å². The van der Waals surface area contributed by atoms with Gasteiger partial charge in [-0.15, -0.1) is 0 Å². The lowest BCUT2D eigenvalue weighted by molar-refractivity contribution is -0.123. The molecule has 0 bridgehead atoms. The Morgan fingerprint density at radius 3 is 2.64 bits per heavy atom. The van der Waals surface area contributed by atoms with E-state index in [1.807, 2.05) is 11.8 Å². The summed E-state index contributed by atoms with van der Waals surface area (Å²) < 4.78 is 0. The summed E-state index contributed by atoms with van der Waals surface area (Å²) in [6.07, 6.45) is 3.35. The van der Waals surface area contributed by atoms with Gasteiger partial charge in [-0.2, -0.15) is 4.99 Å². The summed E-state index contributed by atoms with van der Waals surface area (Å²) in [6.45, 7) is 12.1. The first-order chi connectivity index (χ1) is 10.2. The molecule has 2 fully saturated rings. The summed E-state index contributed by atoms with van der Waals surface area (Å²) in [5.74, 6) is 0.259. The van der Waals surface area contributed by atoms with Gasteiger partial charge in [0, 0.05) is 30.4 Å². The minimum absolute atomic E-state index is 0.0416. The Morgan fingerprint density at radius 1 is 1.23 bits per heavy atom. The Morgan fingerprint density at radius 2 is 1.95 bits per heavy atom. The number of thioether (sulfide) groups is 1. The average molecular weight is 324 g/mol. The summed E-state index contributed by atoms with van der Waals surface area (Å²) >= 11 is 1.87. The molecule has 0 aromatic rings. The van der Waals surface area contributed by atoms with Crippen LogP contribution in [-0.2, 0) is 4.79 Å². The van der Waals surface area contributed by atoms with Crippen LogP contribution in [0.5, 0.6) is 0 Å². The zero-order chi connectivity index (χ0) is 16.1. The van der Waals surface area contributed by atoms with E-state index in [9.17, 15) is 4.79 Å². The fourth-order valence-corrected chi connectivity index (χ4v) is 5.66. The zero-order valence-electron chi connectivity index (χ0n) is 14.6. The number of fused-ring (bicyclic) bond motifs is 1. The molecule has 2 atom stereocenters. The summed E-state index contributed by atoms with van der Waals surface area (Å²) in [5.41, 5.74) is 0.331. The van der Waals surface area contributed by atoms with Crippen molar-refractivity contribution in [1.82, 2.24) is 9.80 Å². The van der Waals surface area contributed by atoms with E-state index in [1.54, 1.807) is 0 Å². The van der Waals surface area contributed by atoms with Crippen LogP contribution in [0.25, 0.3) is 0 Å². The summed E-state index contributed by atoms with van der Waals surface area (Å²) in [6, 6.07) is 0. The highest BCUT2D eigenvalue weighted by Crippen LogP contribution is 2.46. The molecule has 2 aliphatic heterocycles. The summed E-state index contributed by atoms with van der Waals surface area (Å²) in [4.78, 5) is 21.9. The van der Waals surface area contributed by atoms with Gasteiger partial charge in [-0.25, -0.2) is 0 Å². The van der Waals surface area contributed by atoms with Crippen LogP contribution in [-0.4, -0.2) is 58.3 Å². The second-order valence-corrected chi connectivity index (χ2v) is 9.81. The Labute approximate surface area is 138 Å². The smallest absolute Gasteiger partial charge is 0.252 e. The first-order valence-electron chi connectivity index (χ1n) is 8.43. The van der Waals surface area contributed by atoms with Gasteiger partial charge in [0.05, 0.1) is 5.92 Å². The topological polar surface area (TPSA) is 35.9 Å². The van der Waals surface area contributed by atoms with Gasteiger partial charge >= 0.3 is 0 Å². The summed E-state index contributed by atoms with van der Waals surface area (Å²) in [5, 5.41) is 1.41. The van der Waals surface area contributed by atoms with E-state index in [4.69, 9.17) is 0 Å². The molecular formula is C17H29N3OS. The zero-order valence-corrected chi connectivity index (χ0v) is 15.4. The van der Waals surface area contributed by atoms with Gasteiger partial charge in [0.15, 0.2) is 5.17 Å². The molecule has 5 heteroatoms. The maximum atomic E-state index is 12.6. The number of amidine groups is 1. The third-order valence-electron chi connectivity index (χ3n) is 5.43. The molecule has 0 aromatic heterocycles. The minimum atomic E-state index is 0.0416. The highest BCUT2D eigenvalue weighted by atomic mass is 32.2. The van der Waals surface area contributed by atoms with Crippen LogP contribution in [0.2, 0.25) is 0 Å². The maximum Gasteiger partial charge on any atom is 0.252 e. The van der Waals surface area contributed by atoms with Crippen molar-refractivity contribution in [3.8, 4) is 0 Å². The molecule has 124 valence electrons. The summed E-state index contributed by atoms with van der Waals surface area (Å²) in [7, 11) is 2.17. The van der Waals surface area contributed by atoms with Gasteiger partial charge in [0.25, 0.3) is 5.91 Å². The number of nitrogens with zero attached hydrogens (tertiary/aromatic N) is 3. The van der Waals surface area contributed by atoms with E-state index in [0.717, 1.165) is 37.6 Å². The first kappa shape index (κ1) is 16.3. The number of likely N-dealkylation sites (N-methyl/N-ethyl adjacent to an activating group) is 1. The molecule has 3 aliphatic rings. The van der Waals surface area contributed by atoms with Crippen molar-refractivity contribution in [1.29, 1.82) is 0 Å². The molecule has 1 amide bonds. The molecule has 2 unspecified atom stereocenters. The second-order valence-electron chi connectivity index (χ2n) is 8.60. The Bertz CT molecular complexity index is 500. The van der Waals surface area contributed by atoms with Crippen LogP contribution >= 0.6 is 11.8 Å². The third-order valence-corrected chi connectivity index (χ3v) is 6.82. The van der Waals surface area contributed by atoms with E-state index >= 15 is 0 Å². The Hall–Kier alpha value is -0.550. The highest BCUT2D eigenvalue weighted by molar-refractivity contribution is 8.14. The van der Waals surface area contributed by atoms with Crippen LogP contribution in [0.15, 0.2) is 4.99 Å². The molecule has 2 heterocycles. The van der Waals surface area contributed by atoms with Crippen LogP contribution in [0.1, 0.15) is 47.0 Å². The van der Waals surface area contributed by atoms with Gasteiger partial charge < -0.3 is 9.80 Å². The molecule has 22 heavy (non-hydrogen) atoms. The number of amides is 1. The molecule has 0 spiro atoms. The fourth-order valence-electron chi connectivity index (χ4n) is 4.17. The number of hydrogen-bond acceptors (Lipinski definition) is 4. The van der Waals surface area contributed by atoms with E-state index in [1.165, 1.54) is 6.42 Å². The molecule has 4 nitrogen and oxygen atoms in total. The van der Waals surface area contributed by atoms with Crippen molar-refractivity contribution in [2.24, 2.45) is 16.3 Å². The molecule has 1 aliphatic carbocycles. The van der Waals surface area contributed by atoms with Crippen molar-refractivity contribution >= 4 is 22.8 Å². The maximum absolute atomic E-state index is 12.6. The Kier molecular flexibility index (Phi) is 4.09. The van der Waals surface area contributed by atoms with Crippen LogP contribution in [0, 0.1) is 11.3 Å². The standard InChI is InChI=1S/C17H29N3OS/c1-16(2)7-6-13-12(10-16)14(21)18-15(22-13)20-9-8-19(5)11-17(20,3)4/h12-13H,6-11H2,1-5H3. The monoisotopic (exact) mass is 323 g/mol. The lowest BCUT2D eigenvalue weighted by Crippen LogP contribution is -2.60. The molecule has 0 radical (unpaired) electrons. The fraction of sp³-hybridized carbons (Fsp3) is 0.882. The average Bonchev–Trinajstić information content (AvgIpc) is 2.38. The second kappa shape index (κ2) is 5.52. The van der Waals surface area contributed by atoms with Crippen LogP contribution < -0.4 is 0 Å². The number of hydrogen-bond donors (Lipinski definition) is 0. The first-order valence-corrected chi connectivity index (χ1v) is 9.31. The quantitative estimate of drug-likeness (QED) is 0.687. The van der Waals surface area contributed by atoms with Crippen molar-refractivity contribution in [2.45, 2.75) is 57.7 Å². The number of carbonyl (C=O) groups is 1. The van der Waals surface area contributed by atoms with Gasteiger partial charge in [-0.05, 0) is 45.6 Å². The van der Waals surface area contributed by atoms with E-state index < -0.39 is 0 Å². The molecule has 1 saturated carbocycles. The number of piperazine rings is 1. The molecular weight excluding hydrogens is 294 g/mol. The minimum Gasteiger partial charge on any atom is -0.343 e. The lowest BCUT2D eigenvalue weighted by atomic mass is 9.71. The Balaban J connectivity index is 1.80. The van der Waals surface area contributed by atoms with Crippen molar-refractivity contribution in [3.05, 3.63) is 0 Å². The molecule has 0 N–H and O–H groups in total. The molecule has 0 aromatic carbocycles. The predicted octanol–water partition coefficient (Wildman–Crippen LogP) is 2.84. The largest absolute Gasteiger partial charge is 0.343 e. The van der Waals surface area contributed by atoms with Crippen molar-refractivity contribution in [2.75, 3.05) is 26.7 Å². The molecule has 1 saturated heterocycles. The number of carbonyl (C=O) groups excluding carboxylic acids is 1. The van der Waals surface area contributed by atoms with Gasteiger partial charge in [0.1, 0.15) is 0 Å². The molecule has 3 rings (SSSR count). The highest BCUT2D eigenvalue weighted by Gasteiger charge is 2.45. The SMILES string of the molecule is CN1CCN(C2=NC(=O)C3CC(C)(C)CCC3S2)C(C)(C)C1. The van der Waals surface area contributed by atoms with E-state index in [0.29, 0.717) is 5.25 Å². The number of rotatable bonds is 0. The van der Waals surface area contributed by atoms with Crippen molar-refractivity contribution in [3.63, 3.8) is 0 Å². The predicted molar refractivity (Wildman–Crippen MR) is 93.2 cm³/mol. The normalized spacial score (nSPS) is 35.0. The lowest BCUT2D eigenvalue weighted by Gasteiger charge is -2.49. The third kappa shape index (κ3) is 3.07. The van der Waals surface area contributed by atoms with Gasteiger partial charge in [0.2, 0.25) is 0 Å². The van der Waals surface area contributed by atoms with Gasteiger partial charge in [-0.1, -0.05) is 25.6 Å². The van der Waals surface area contributed by atoms with Crippen LogP contribution in [0.4, 0.5) is 0 Å². The van der Waals surface area contributed by atoms with E-state index in [-0.39, 0.29) is 22.8 Å². The van der Waals surface area contributed by atoms with E-state index in [2.05, 4.69) is 49.5 Å². The van der Waals surface area contributed by atoms with Crippen LogP contribution in [0.3, 0.4) is 0 Å².